The van der Waals surface area contributed by atoms with Crippen molar-refractivity contribution in [2.75, 3.05) is 0 Å². The average Bonchev–Trinajstić information content (AvgIpc) is 3.11. The van der Waals surface area contributed by atoms with Gasteiger partial charge in [-0.2, -0.15) is 0 Å². The van der Waals surface area contributed by atoms with E-state index in [1.807, 2.05) is 28.9 Å². The van der Waals surface area contributed by atoms with Crippen molar-refractivity contribution >= 4 is 41.1 Å². The number of aromatic amines is 1. The van der Waals surface area contributed by atoms with E-state index in [0.717, 1.165) is 34.5 Å². The number of halogens is 2. The molecule has 0 saturated carbocycles. The normalized spacial score (nSPS) is 11.2. The summed E-state index contributed by atoms with van der Waals surface area (Å²) in [6.45, 7) is 2.14. The predicted octanol–water partition coefficient (Wildman–Crippen LogP) is 6.60. The molecule has 3 nitrogen and oxygen atoms in total. The first-order valence-corrected chi connectivity index (χ1v) is 9.38. The predicted molar refractivity (Wildman–Crippen MR) is 111 cm³/mol. The summed E-state index contributed by atoms with van der Waals surface area (Å²) in [5.74, 6) is 0. The molecule has 0 aliphatic carbocycles. The van der Waals surface area contributed by atoms with Crippen molar-refractivity contribution in [2.24, 2.45) is 0 Å². The van der Waals surface area contributed by atoms with Gasteiger partial charge in [0, 0.05) is 23.5 Å². The van der Waals surface area contributed by atoms with Crippen molar-refractivity contribution in [1.29, 1.82) is 0 Å². The van der Waals surface area contributed by atoms with E-state index in [1.54, 1.807) is 6.07 Å². The SMILES string of the molecule is CCc1ccc(-c2cnc(=S)n3cc(-c4ccc(Cl)c(Cl)c4)[nH]c23)cc1. The molecule has 0 spiro atoms. The van der Waals surface area contributed by atoms with Gasteiger partial charge in [-0.25, -0.2) is 4.98 Å². The Kier molecular flexibility index (Phi) is 4.57. The quantitative estimate of drug-likeness (QED) is 0.393. The Morgan fingerprint density at radius 1 is 1.04 bits per heavy atom. The number of hydrogen-bond donors (Lipinski definition) is 1. The van der Waals surface area contributed by atoms with E-state index in [9.17, 15) is 0 Å². The standard InChI is InChI=1S/C20H15Cl2N3S/c1-2-12-3-5-13(6-4-12)15-10-23-20(26)25-11-18(24-19(15)25)14-7-8-16(21)17(22)9-14/h3-11,24H,2H2,1H3. The fraction of sp³-hybridized carbons (Fsp3) is 0.100. The van der Waals surface area contributed by atoms with E-state index < -0.39 is 0 Å². The first-order chi connectivity index (χ1) is 12.6. The maximum atomic E-state index is 6.16. The molecule has 2 aromatic heterocycles. The minimum Gasteiger partial charge on any atom is -0.339 e. The molecule has 4 aromatic rings. The van der Waals surface area contributed by atoms with Gasteiger partial charge in [-0.1, -0.05) is 60.5 Å². The highest BCUT2D eigenvalue weighted by molar-refractivity contribution is 7.71. The molecule has 0 radical (unpaired) electrons. The van der Waals surface area contributed by atoms with Crippen LogP contribution in [0.1, 0.15) is 12.5 Å². The fourth-order valence-electron chi connectivity index (χ4n) is 2.95. The zero-order chi connectivity index (χ0) is 18.3. The molecule has 0 unspecified atom stereocenters. The lowest BCUT2D eigenvalue weighted by molar-refractivity contribution is 1.06. The van der Waals surface area contributed by atoms with Gasteiger partial charge in [0.2, 0.25) is 4.77 Å². The van der Waals surface area contributed by atoms with Gasteiger partial charge in [-0.3, -0.25) is 4.40 Å². The van der Waals surface area contributed by atoms with Gasteiger partial charge in [0.1, 0.15) is 5.65 Å². The Labute approximate surface area is 166 Å². The molecular weight excluding hydrogens is 385 g/mol. The molecule has 2 heterocycles. The molecule has 6 heteroatoms. The number of hydrogen-bond acceptors (Lipinski definition) is 2. The molecule has 1 N–H and O–H groups in total. The number of rotatable bonds is 3. The molecule has 0 aliphatic rings. The van der Waals surface area contributed by atoms with E-state index in [2.05, 4.69) is 41.2 Å². The largest absolute Gasteiger partial charge is 0.339 e. The summed E-state index contributed by atoms with van der Waals surface area (Å²) in [4.78, 5) is 7.83. The van der Waals surface area contributed by atoms with Crippen LogP contribution < -0.4 is 0 Å². The summed E-state index contributed by atoms with van der Waals surface area (Å²) in [5.41, 5.74) is 6.11. The van der Waals surface area contributed by atoms with Gasteiger partial charge in [0.25, 0.3) is 0 Å². The second-order valence-electron chi connectivity index (χ2n) is 6.02. The molecule has 2 aromatic carbocycles. The van der Waals surface area contributed by atoms with Gasteiger partial charge in [0.15, 0.2) is 0 Å². The van der Waals surface area contributed by atoms with E-state index in [0.29, 0.717) is 14.8 Å². The molecule has 0 fully saturated rings. The Morgan fingerprint density at radius 3 is 2.46 bits per heavy atom. The summed E-state index contributed by atoms with van der Waals surface area (Å²) in [5, 5.41) is 1.04. The third kappa shape index (κ3) is 3.05. The molecular formula is C20H15Cl2N3S. The molecule has 0 bridgehead atoms. The highest BCUT2D eigenvalue weighted by atomic mass is 35.5. The van der Waals surface area contributed by atoms with Crippen LogP contribution in [0.15, 0.2) is 54.9 Å². The van der Waals surface area contributed by atoms with E-state index in [4.69, 9.17) is 35.4 Å². The molecule has 0 saturated heterocycles. The lowest BCUT2D eigenvalue weighted by atomic mass is 10.1. The van der Waals surface area contributed by atoms with Crippen molar-refractivity contribution < 1.29 is 0 Å². The van der Waals surface area contributed by atoms with Crippen molar-refractivity contribution in [3.63, 3.8) is 0 Å². The summed E-state index contributed by atoms with van der Waals surface area (Å²) >= 11 is 17.6. The van der Waals surface area contributed by atoms with Crippen LogP contribution in [0.5, 0.6) is 0 Å². The smallest absolute Gasteiger partial charge is 0.205 e. The summed E-state index contributed by atoms with van der Waals surface area (Å²) < 4.78 is 2.38. The molecule has 0 amide bonds. The van der Waals surface area contributed by atoms with E-state index in [-0.39, 0.29) is 0 Å². The number of nitrogens with zero attached hydrogens (tertiary/aromatic N) is 2. The summed E-state index contributed by atoms with van der Waals surface area (Å²) in [6.07, 6.45) is 4.76. The van der Waals surface area contributed by atoms with Crippen LogP contribution in [-0.2, 0) is 6.42 Å². The monoisotopic (exact) mass is 399 g/mol. The third-order valence-corrected chi connectivity index (χ3v) is 5.46. The van der Waals surface area contributed by atoms with Gasteiger partial charge in [-0.05, 0) is 41.9 Å². The van der Waals surface area contributed by atoms with Crippen LogP contribution in [0.2, 0.25) is 10.0 Å². The first kappa shape index (κ1) is 17.3. The Hall–Kier alpha value is -2.14. The van der Waals surface area contributed by atoms with Crippen molar-refractivity contribution in [1.82, 2.24) is 14.4 Å². The van der Waals surface area contributed by atoms with Crippen LogP contribution >= 0.6 is 35.4 Å². The maximum absolute atomic E-state index is 6.16. The maximum Gasteiger partial charge on any atom is 0.205 e. The highest BCUT2D eigenvalue weighted by Gasteiger charge is 2.11. The number of fused-ring (bicyclic) bond motifs is 1. The number of benzene rings is 2. The van der Waals surface area contributed by atoms with Crippen LogP contribution in [0.4, 0.5) is 0 Å². The third-order valence-electron chi connectivity index (χ3n) is 4.42. The topological polar surface area (TPSA) is 33.1 Å². The van der Waals surface area contributed by atoms with Crippen molar-refractivity contribution in [3.05, 3.63) is 75.2 Å². The Morgan fingerprint density at radius 2 is 1.77 bits per heavy atom. The minimum absolute atomic E-state index is 0.497. The zero-order valence-electron chi connectivity index (χ0n) is 14.0. The van der Waals surface area contributed by atoms with Crippen LogP contribution in [0, 0.1) is 4.77 Å². The second kappa shape index (κ2) is 6.88. The van der Waals surface area contributed by atoms with Gasteiger partial charge < -0.3 is 4.98 Å². The lowest BCUT2D eigenvalue weighted by Crippen LogP contribution is -1.92. The van der Waals surface area contributed by atoms with Crippen LogP contribution in [0.25, 0.3) is 28.0 Å². The number of H-pyrrole nitrogens is 1. The highest BCUT2D eigenvalue weighted by Crippen LogP contribution is 2.30. The van der Waals surface area contributed by atoms with Crippen LogP contribution in [-0.4, -0.2) is 14.4 Å². The molecule has 26 heavy (non-hydrogen) atoms. The fourth-order valence-corrected chi connectivity index (χ4v) is 3.44. The average molecular weight is 400 g/mol. The molecule has 4 rings (SSSR count). The number of nitrogens with one attached hydrogen (secondary N) is 1. The first-order valence-electron chi connectivity index (χ1n) is 8.22. The Balaban J connectivity index is 1.90. The van der Waals surface area contributed by atoms with Crippen molar-refractivity contribution in [3.8, 4) is 22.4 Å². The van der Waals surface area contributed by atoms with Crippen molar-refractivity contribution in [2.45, 2.75) is 13.3 Å². The number of aryl methyl sites for hydroxylation is 1. The zero-order valence-corrected chi connectivity index (χ0v) is 16.3. The van der Waals surface area contributed by atoms with E-state index >= 15 is 0 Å². The van der Waals surface area contributed by atoms with Crippen LogP contribution in [0.3, 0.4) is 0 Å². The minimum atomic E-state index is 0.497. The molecule has 0 aliphatic heterocycles. The Bertz CT molecular complexity index is 1160. The number of aromatic nitrogens is 3. The van der Waals surface area contributed by atoms with Gasteiger partial charge in [-0.15, -0.1) is 0 Å². The summed E-state index contributed by atoms with van der Waals surface area (Å²) in [7, 11) is 0. The second-order valence-corrected chi connectivity index (χ2v) is 7.20. The lowest BCUT2D eigenvalue weighted by Gasteiger charge is -2.05. The van der Waals surface area contributed by atoms with E-state index in [1.165, 1.54) is 5.56 Å². The summed E-state index contributed by atoms with van der Waals surface area (Å²) in [6, 6.07) is 14.0. The molecule has 130 valence electrons. The van der Waals surface area contributed by atoms with Gasteiger partial charge >= 0.3 is 0 Å². The molecule has 0 atom stereocenters. The van der Waals surface area contributed by atoms with Gasteiger partial charge in [0.05, 0.1) is 15.7 Å². The number of imidazole rings is 1.